The molecule has 4 amide bonds. The van der Waals surface area contributed by atoms with Crippen molar-refractivity contribution in [2.24, 2.45) is 0 Å². The molecular formula is C67H76F8N10O5. The van der Waals surface area contributed by atoms with Crippen molar-refractivity contribution in [3.05, 3.63) is 165 Å². The molecule has 480 valence electrons. The van der Waals surface area contributed by atoms with Gasteiger partial charge >= 0.3 is 12.4 Å². The van der Waals surface area contributed by atoms with Gasteiger partial charge in [-0.3, -0.25) is 33.8 Å². The number of rotatable bonds is 12. The minimum atomic E-state index is -4.95. The molecule has 4 aromatic carbocycles. The number of pyridine rings is 1. The lowest BCUT2D eigenvalue weighted by Crippen LogP contribution is -2.55. The number of aromatic amines is 1. The number of aromatic nitrogens is 1. The highest BCUT2D eigenvalue weighted by molar-refractivity contribution is 6.10. The minimum Gasteiger partial charge on any atom is -0.367 e. The van der Waals surface area contributed by atoms with E-state index < -0.39 is 63.6 Å². The predicted molar refractivity (Wildman–Crippen MR) is 333 cm³/mol. The number of carbonyl (C=O) groups excluding carboxylic acids is 4. The molecule has 0 unspecified atom stereocenters. The van der Waals surface area contributed by atoms with Gasteiger partial charge < -0.3 is 41.4 Å². The van der Waals surface area contributed by atoms with E-state index in [1.54, 1.807) is 30.3 Å². The lowest BCUT2D eigenvalue weighted by atomic mass is 9.95. The summed E-state index contributed by atoms with van der Waals surface area (Å²) >= 11 is 0. The van der Waals surface area contributed by atoms with Crippen LogP contribution in [0.2, 0.25) is 0 Å². The molecule has 1 aromatic heterocycles. The molecule has 0 spiro atoms. The summed E-state index contributed by atoms with van der Waals surface area (Å²) in [5.41, 5.74) is -1.80. The smallest absolute Gasteiger partial charge is 0.367 e. The number of benzene rings is 4. The van der Waals surface area contributed by atoms with Gasteiger partial charge in [-0.25, -0.2) is 8.78 Å². The number of amides is 4. The van der Waals surface area contributed by atoms with Crippen LogP contribution in [0.15, 0.2) is 126 Å². The topological polar surface area (TPSA) is 174 Å². The summed E-state index contributed by atoms with van der Waals surface area (Å²) in [6.07, 6.45) is 2.80. The van der Waals surface area contributed by atoms with Crippen LogP contribution in [0.3, 0.4) is 0 Å². The maximum Gasteiger partial charge on any atom is 0.417 e. The van der Waals surface area contributed by atoms with E-state index in [4.69, 9.17) is 0 Å². The molecule has 0 bridgehead atoms. The monoisotopic (exact) mass is 1250 g/mol. The van der Waals surface area contributed by atoms with E-state index >= 15 is 8.78 Å². The van der Waals surface area contributed by atoms with Gasteiger partial charge in [-0.15, -0.1) is 0 Å². The Morgan fingerprint density at radius 3 is 1.41 bits per heavy atom. The summed E-state index contributed by atoms with van der Waals surface area (Å²) < 4.78 is 114. The Bertz CT molecular complexity index is 3620. The Kier molecular flexibility index (Phi) is 20.4. The fourth-order valence-corrected chi connectivity index (χ4v) is 12.4. The van der Waals surface area contributed by atoms with Gasteiger partial charge in [-0.05, 0) is 145 Å². The van der Waals surface area contributed by atoms with E-state index in [2.05, 4.69) is 66.7 Å². The highest BCUT2D eigenvalue weighted by Crippen LogP contribution is 2.40. The first-order valence-electron chi connectivity index (χ1n) is 30.4. The second-order valence-corrected chi connectivity index (χ2v) is 24.3. The summed E-state index contributed by atoms with van der Waals surface area (Å²) in [5.74, 6) is -3.85. The molecule has 4 heterocycles. The number of likely N-dealkylation sites (N-methyl/N-ethyl adjacent to an activating group) is 2. The van der Waals surface area contributed by atoms with Crippen molar-refractivity contribution in [2.75, 3.05) is 60.7 Å². The number of halogens is 8. The molecular weight excluding hydrogens is 1180 g/mol. The summed E-state index contributed by atoms with van der Waals surface area (Å²) in [6.45, 7) is 14.1. The number of nitrogens with zero attached hydrogens (tertiary/aromatic N) is 4. The molecule has 4 fully saturated rings. The standard InChI is InChI=1S/C34H39F4N5O2.C33H37F4N5O3/c1-20-14-28(34(36,37)38)27(17-39-20)33(45)41-30-16-23(11-13-31(30)43-18-21(2)42(4)22(3)19-43)26-15-24(10-12-29(26)35)32(44)40-25-8-6-5-7-9-25;1-19-17-42(18-20(2)41(19)3)29-12-10-21(14-28(29)40-32(45)25-16-38-30(43)15-26(25)33(35,36)37)24-13-22(9-11-27(24)34)31(44)39-23-7-5-4-6-8-23/h10-17,21-22,25,39H,1,5-9,18-19H2,2-4H3,(H,40,44)(H,41,45);9-16,19-20,23H,4-8,17-18H2,1-3H3,(H,38,43)(H,39,44)(H,40,45)/t21-,22+;19-,20+. The fourth-order valence-electron chi connectivity index (χ4n) is 12.4. The molecule has 5 aliphatic rings. The van der Waals surface area contributed by atoms with Crippen molar-refractivity contribution in [1.29, 1.82) is 0 Å². The highest BCUT2D eigenvalue weighted by Gasteiger charge is 2.41. The zero-order valence-electron chi connectivity index (χ0n) is 51.2. The highest BCUT2D eigenvalue weighted by atomic mass is 19.4. The van der Waals surface area contributed by atoms with Crippen LogP contribution in [0.4, 0.5) is 57.9 Å². The van der Waals surface area contributed by atoms with Crippen LogP contribution in [-0.2, 0) is 11.0 Å². The average Bonchev–Trinajstić information content (AvgIpc) is 0.971. The SMILES string of the molecule is C=C1C=C(C(F)(F)F)C(C(=O)Nc2cc(-c3cc(C(=O)NC4CCCCC4)ccc3F)ccc2N2C[C@@H](C)N(C)[C@@H](C)C2)=CN1.C[C@@H]1CN(c2ccc(-c3cc(C(=O)NC4CCCCC4)ccc3F)cc2NC(=O)c2c[nH]c(=O)cc2C(F)(F)F)C[C@H](C)N1C. The second kappa shape index (κ2) is 27.8. The van der Waals surface area contributed by atoms with Gasteiger partial charge in [-0.1, -0.05) is 57.2 Å². The minimum absolute atomic E-state index is 0.00449. The molecule has 23 heteroatoms. The molecule has 6 N–H and O–H groups in total. The maximum absolute atomic E-state index is 15.3. The van der Waals surface area contributed by atoms with Crippen molar-refractivity contribution in [2.45, 2.75) is 141 Å². The number of alkyl halides is 6. The van der Waals surface area contributed by atoms with Crippen LogP contribution >= 0.6 is 0 Å². The maximum atomic E-state index is 15.3. The van der Waals surface area contributed by atoms with Crippen molar-refractivity contribution in [3.8, 4) is 22.3 Å². The van der Waals surface area contributed by atoms with Crippen LogP contribution < -0.4 is 41.9 Å². The van der Waals surface area contributed by atoms with E-state index in [1.165, 1.54) is 42.5 Å². The number of allylic oxidation sites excluding steroid dienone is 1. The van der Waals surface area contributed by atoms with E-state index in [0.29, 0.717) is 60.3 Å². The molecule has 2 saturated heterocycles. The van der Waals surface area contributed by atoms with Crippen LogP contribution in [-0.4, -0.2) is 121 Å². The van der Waals surface area contributed by atoms with Gasteiger partial charge in [0.2, 0.25) is 5.56 Å². The third-order valence-corrected chi connectivity index (χ3v) is 17.9. The number of hydrogen-bond donors (Lipinski definition) is 6. The Morgan fingerprint density at radius 1 is 0.556 bits per heavy atom. The Labute approximate surface area is 518 Å². The summed E-state index contributed by atoms with van der Waals surface area (Å²) in [6, 6.07) is 19.1. The molecule has 0 radical (unpaired) electrons. The third-order valence-electron chi connectivity index (χ3n) is 17.9. The second-order valence-electron chi connectivity index (χ2n) is 24.3. The normalized spacial score (nSPS) is 20.6. The van der Waals surface area contributed by atoms with E-state index in [0.717, 1.165) is 82.7 Å². The number of nitrogens with one attached hydrogen (secondary N) is 6. The third kappa shape index (κ3) is 15.6. The first kappa shape index (κ1) is 66.1. The molecule has 15 nitrogen and oxygen atoms in total. The molecule has 3 aliphatic heterocycles. The summed E-state index contributed by atoms with van der Waals surface area (Å²) in [7, 11) is 4.04. The molecule has 10 rings (SSSR count). The average molecular weight is 1250 g/mol. The number of dihydropyridines is 1. The van der Waals surface area contributed by atoms with Gasteiger partial charge in [0.25, 0.3) is 23.6 Å². The predicted octanol–water partition coefficient (Wildman–Crippen LogP) is 12.6. The van der Waals surface area contributed by atoms with Gasteiger partial charge in [0.15, 0.2) is 0 Å². The molecule has 90 heavy (non-hydrogen) atoms. The van der Waals surface area contributed by atoms with Gasteiger partial charge in [0.1, 0.15) is 11.6 Å². The van der Waals surface area contributed by atoms with Crippen LogP contribution in [0.5, 0.6) is 0 Å². The van der Waals surface area contributed by atoms with Gasteiger partial charge in [-0.2, -0.15) is 26.3 Å². The largest absolute Gasteiger partial charge is 0.417 e. The molecule has 4 atom stereocenters. The number of hydrogen-bond acceptors (Lipinski definition) is 10. The number of H-pyrrole nitrogens is 1. The number of carbonyl (C=O) groups is 4. The van der Waals surface area contributed by atoms with Gasteiger partial charge in [0, 0.05) is 109 Å². The zero-order valence-corrected chi connectivity index (χ0v) is 51.2. The fraction of sp³-hybridized carbons (Fsp3) is 0.418. The Hall–Kier alpha value is -8.31. The molecule has 5 aromatic rings. The van der Waals surface area contributed by atoms with Gasteiger partial charge in [0.05, 0.1) is 45.0 Å². The molecule has 2 aliphatic carbocycles. The van der Waals surface area contributed by atoms with Crippen molar-refractivity contribution in [1.82, 2.24) is 30.7 Å². The first-order chi connectivity index (χ1) is 42.6. The number of piperazine rings is 2. The van der Waals surface area contributed by atoms with Crippen molar-refractivity contribution >= 4 is 46.4 Å². The molecule has 2 saturated carbocycles. The lowest BCUT2D eigenvalue weighted by molar-refractivity contribution is -0.138. The quantitative estimate of drug-likeness (QED) is 0.0660. The zero-order chi connectivity index (χ0) is 64.9. The Balaban J connectivity index is 0.000000213. The lowest BCUT2D eigenvalue weighted by Gasteiger charge is -2.44. The van der Waals surface area contributed by atoms with Crippen LogP contribution in [0, 0.1) is 11.6 Å². The Morgan fingerprint density at radius 2 is 0.989 bits per heavy atom. The van der Waals surface area contributed by atoms with E-state index in [1.807, 2.05) is 32.8 Å². The van der Waals surface area contributed by atoms with E-state index in [-0.39, 0.29) is 81.8 Å². The van der Waals surface area contributed by atoms with Crippen molar-refractivity contribution < 1.29 is 54.3 Å². The van der Waals surface area contributed by atoms with Crippen LogP contribution in [0.25, 0.3) is 22.3 Å². The van der Waals surface area contributed by atoms with Crippen molar-refractivity contribution in [3.63, 3.8) is 0 Å². The van der Waals surface area contributed by atoms with Crippen LogP contribution in [0.1, 0.15) is 129 Å². The van der Waals surface area contributed by atoms with E-state index in [9.17, 15) is 50.3 Å². The summed E-state index contributed by atoms with van der Waals surface area (Å²) in [5, 5.41) is 13.9. The summed E-state index contributed by atoms with van der Waals surface area (Å²) in [4.78, 5) is 75.3. The first-order valence-corrected chi connectivity index (χ1v) is 30.4. The number of anilines is 4.